The summed E-state index contributed by atoms with van der Waals surface area (Å²) < 4.78 is 0.915. The van der Waals surface area contributed by atoms with Crippen molar-refractivity contribution in [2.45, 2.75) is 45.4 Å². The van der Waals surface area contributed by atoms with Gasteiger partial charge >= 0.3 is 0 Å². The second-order valence-electron chi connectivity index (χ2n) is 6.35. The molecule has 0 N–H and O–H groups in total. The zero-order valence-electron chi connectivity index (χ0n) is 11.8. The minimum Gasteiger partial charge on any atom is -0.356 e. The lowest BCUT2D eigenvalue weighted by molar-refractivity contribution is 0.662. The molecule has 3 rings (SSSR count). The molecule has 0 radical (unpaired) electrons. The SMILES string of the molecule is CC(C)c1nc(Br)cc(N(CC2CC2)CC2CC2)n1. The maximum absolute atomic E-state index is 4.78. The molecule has 0 saturated heterocycles. The van der Waals surface area contributed by atoms with Gasteiger partial charge in [-0.15, -0.1) is 0 Å². The smallest absolute Gasteiger partial charge is 0.134 e. The van der Waals surface area contributed by atoms with Gasteiger partial charge in [0.15, 0.2) is 0 Å². The van der Waals surface area contributed by atoms with E-state index in [1.54, 1.807) is 0 Å². The van der Waals surface area contributed by atoms with Crippen molar-refractivity contribution >= 4 is 21.7 Å². The second-order valence-corrected chi connectivity index (χ2v) is 7.17. The van der Waals surface area contributed by atoms with E-state index in [-0.39, 0.29) is 0 Å². The lowest BCUT2D eigenvalue weighted by Gasteiger charge is -2.24. The first-order valence-electron chi connectivity index (χ1n) is 7.41. The molecule has 2 saturated carbocycles. The van der Waals surface area contributed by atoms with Crippen molar-refractivity contribution in [2.75, 3.05) is 18.0 Å². The number of anilines is 1. The molecule has 2 aliphatic rings. The summed E-state index contributed by atoms with van der Waals surface area (Å²) in [5, 5.41) is 0. The average molecular weight is 324 g/mol. The number of hydrogen-bond donors (Lipinski definition) is 0. The maximum atomic E-state index is 4.78. The van der Waals surface area contributed by atoms with Gasteiger partial charge in [0.25, 0.3) is 0 Å². The van der Waals surface area contributed by atoms with E-state index in [0.717, 1.165) is 28.1 Å². The van der Waals surface area contributed by atoms with Crippen LogP contribution in [0.3, 0.4) is 0 Å². The van der Waals surface area contributed by atoms with Gasteiger partial charge in [0.2, 0.25) is 0 Å². The Bertz CT molecular complexity index is 439. The van der Waals surface area contributed by atoms with Crippen LogP contribution in [0.1, 0.15) is 51.3 Å². The molecule has 4 heteroatoms. The molecule has 0 unspecified atom stereocenters. The summed E-state index contributed by atoms with van der Waals surface area (Å²) in [6, 6.07) is 2.08. The van der Waals surface area contributed by atoms with Gasteiger partial charge < -0.3 is 4.90 Å². The summed E-state index contributed by atoms with van der Waals surface area (Å²) in [6.07, 6.45) is 5.57. The highest BCUT2D eigenvalue weighted by atomic mass is 79.9. The van der Waals surface area contributed by atoms with Crippen molar-refractivity contribution in [3.8, 4) is 0 Å². The van der Waals surface area contributed by atoms with Crippen LogP contribution in [-0.4, -0.2) is 23.1 Å². The molecular weight excluding hydrogens is 302 g/mol. The minimum atomic E-state index is 0.375. The third kappa shape index (κ3) is 3.68. The van der Waals surface area contributed by atoms with E-state index in [1.165, 1.54) is 38.8 Å². The predicted molar refractivity (Wildman–Crippen MR) is 81.5 cm³/mol. The summed E-state index contributed by atoms with van der Waals surface area (Å²) in [4.78, 5) is 11.8. The van der Waals surface area contributed by atoms with Crippen LogP contribution in [0.15, 0.2) is 10.7 Å². The third-order valence-corrected chi connectivity index (χ3v) is 4.30. The van der Waals surface area contributed by atoms with Crippen molar-refractivity contribution in [3.05, 3.63) is 16.5 Å². The average Bonchev–Trinajstić information content (AvgIpc) is 3.22. The van der Waals surface area contributed by atoms with Crippen molar-refractivity contribution < 1.29 is 0 Å². The quantitative estimate of drug-likeness (QED) is 0.741. The molecule has 1 aromatic rings. The summed E-state index contributed by atoms with van der Waals surface area (Å²) >= 11 is 3.54. The molecule has 0 spiro atoms. The van der Waals surface area contributed by atoms with Gasteiger partial charge in [0.05, 0.1) is 0 Å². The Balaban J connectivity index is 1.82. The normalized spacial score (nSPS) is 18.9. The highest BCUT2D eigenvalue weighted by Crippen LogP contribution is 2.35. The van der Waals surface area contributed by atoms with E-state index in [2.05, 4.69) is 45.7 Å². The largest absolute Gasteiger partial charge is 0.356 e. The topological polar surface area (TPSA) is 29.0 Å². The number of halogens is 1. The fourth-order valence-corrected chi connectivity index (χ4v) is 2.72. The van der Waals surface area contributed by atoms with Gasteiger partial charge in [-0.1, -0.05) is 13.8 Å². The van der Waals surface area contributed by atoms with Crippen LogP contribution in [0, 0.1) is 11.8 Å². The molecule has 3 nitrogen and oxygen atoms in total. The fraction of sp³-hybridized carbons (Fsp3) is 0.733. The summed E-state index contributed by atoms with van der Waals surface area (Å²) in [5.74, 6) is 4.23. The molecule has 104 valence electrons. The van der Waals surface area contributed by atoms with E-state index in [0.29, 0.717) is 5.92 Å². The van der Waals surface area contributed by atoms with Crippen molar-refractivity contribution in [1.82, 2.24) is 9.97 Å². The number of aromatic nitrogens is 2. The van der Waals surface area contributed by atoms with E-state index >= 15 is 0 Å². The monoisotopic (exact) mass is 323 g/mol. The Hall–Kier alpha value is -0.640. The first-order valence-corrected chi connectivity index (χ1v) is 8.20. The molecule has 19 heavy (non-hydrogen) atoms. The van der Waals surface area contributed by atoms with Gasteiger partial charge in [-0.3, -0.25) is 0 Å². The first kappa shape index (κ1) is 13.3. The van der Waals surface area contributed by atoms with Crippen LogP contribution >= 0.6 is 15.9 Å². The van der Waals surface area contributed by atoms with E-state index < -0.39 is 0 Å². The van der Waals surface area contributed by atoms with Crippen molar-refractivity contribution in [2.24, 2.45) is 11.8 Å². The van der Waals surface area contributed by atoms with Crippen LogP contribution < -0.4 is 4.90 Å². The molecule has 1 aromatic heterocycles. The molecular formula is C15H22BrN3. The maximum Gasteiger partial charge on any atom is 0.134 e. The molecule has 0 aromatic carbocycles. The Kier molecular flexibility index (Phi) is 3.79. The molecule has 0 aliphatic heterocycles. The van der Waals surface area contributed by atoms with E-state index in [4.69, 9.17) is 4.98 Å². The standard InChI is InChI=1S/C15H22BrN3/c1-10(2)15-17-13(16)7-14(18-15)19(8-11-3-4-11)9-12-5-6-12/h7,10-12H,3-6,8-9H2,1-2H3. The van der Waals surface area contributed by atoms with E-state index in [1.807, 2.05) is 0 Å². The second kappa shape index (κ2) is 5.39. The number of hydrogen-bond acceptors (Lipinski definition) is 3. The van der Waals surface area contributed by atoms with Gasteiger partial charge in [-0.25, -0.2) is 9.97 Å². The fourth-order valence-electron chi connectivity index (χ4n) is 2.33. The van der Waals surface area contributed by atoms with Crippen LogP contribution in [0.25, 0.3) is 0 Å². The van der Waals surface area contributed by atoms with Crippen LogP contribution in [0.4, 0.5) is 5.82 Å². The lowest BCUT2D eigenvalue weighted by atomic mass is 10.2. The molecule has 0 atom stereocenters. The van der Waals surface area contributed by atoms with Crippen LogP contribution in [0.5, 0.6) is 0 Å². The molecule has 1 heterocycles. The molecule has 2 aliphatic carbocycles. The van der Waals surface area contributed by atoms with E-state index in [9.17, 15) is 0 Å². The first-order chi connectivity index (χ1) is 9.11. The third-order valence-electron chi connectivity index (χ3n) is 3.89. The van der Waals surface area contributed by atoms with Crippen molar-refractivity contribution in [1.29, 1.82) is 0 Å². The summed E-state index contributed by atoms with van der Waals surface area (Å²) in [6.45, 7) is 6.66. The summed E-state index contributed by atoms with van der Waals surface area (Å²) in [7, 11) is 0. The Labute approximate surface area is 124 Å². The highest BCUT2D eigenvalue weighted by molar-refractivity contribution is 9.10. The molecule has 0 amide bonds. The molecule has 0 bridgehead atoms. The predicted octanol–water partition coefficient (Wildman–Crippen LogP) is 3.99. The van der Waals surface area contributed by atoms with Crippen LogP contribution in [0.2, 0.25) is 0 Å². The Morgan fingerprint density at radius 3 is 2.21 bits per heavy atom. The van der Waals surface area contributed by atoms with Gasteiger partial charge in [0.1, 0.15) is 16.2 Å². The highest BCUT2D eigenvalue weighted by Gasteiger charge is 2.30. The Morgan fingerprint density at radius 2 is 1.74 bits per heavy atom. The zero-order valence-corrected chi connectivity index (χ0v) is 13.4. The zero-order chi connectivity index (χ0) is 13.4. The van der Waals surface area contributed by atoms with Gasteiger partial charge in [-0.05, 0) is 53.4 Å². The lowest BCUT2D eigenvalue weighted by Crippen LogP contribution is -2.29. The minimum absolute atomic E-state index is 0.375. The van der Waals surface area contributed by atoms with Crippen LogP contribution in [-0.2, 0) is 0 Å². The van der Waals surface area contributed by atoms with Gasteiger partial charge in [0, 0.05) is 25.1 Å². The van der Waals surface area contributed by atoms with Crippen molar-refractivity contribution in [3.63, 3.8) is 0 Å². The van der Waals surface area contributed by atoms with Gasteiger partial charge in [-0.2, -0.15) is 0 Å². The number of nitrogens with zero attached hydrogens (tertiary/aromatic N) is 3. The number of rotatable bonds is 6. The summed E-state index contributed by atoms with van der Waals surface area (Å²) in [5.41, 5.74) is 0. The Morgan fingerprint density at radius 1 is 1.16 bits per heavy atom. The molecule has 2 fully saturated rings.